The smallest absolute Gasteiger partial charge is 0.234 e. The summed E-state index contributed by atoms with van der Waals surface area (Å²) in [6, 6.07) is 0.947. The van der Waals surface area contributed by atoms with E-state index in [0.29, 0.717) is 24.5 Å². The van der Waals surface area contributed by atoms with E-state index in [1.165, 1.54) is 0 Å². The molecule has 0 radical (unpaired) electrons. The van der Waals surface area contributed by atoms with Gasteiger partial charge in [-0.2, -0.15) is 0 Å². The van der Waals surface area contributed by atoms with Gasteiger partial charge in [0.1, 0.15) is 0 Å². The van der Waals surface area contributed by atoms with Crippen LogP contribution in [0.2, 0.25) is 0 Å². The van der Waals surface area contributed by atoms with Crippen molar-refractivity contribution in [1.82, 2.24) is 15.5 Å². The van der Waals surface area contributed by atoms with Crippen molar-refractivity contribution < 1.29 is 4.79 Å². The van der Waals surface area contributed by atoms with Crippen LogP contribution >= 0.6 is 0 Å². The minimum Gasteiger partial charge on any atom is -0.355 e. The largest absolute Gasteiger partial charge is 0.355 e. The van der Waals surface area contributed by atoms with E-state index < -0.39 is 0 Å². The number of nitrogens with one attached hydrogen (secondary N) is 2. The van der Waals surface area contributed by atoms with Gasteiger partial charge in [0.15, 0.2) is 0 Å². The maximum Gasteiger partial charge on any atom is 0.234 e. The van der Waals surface area contributed by atoms with Crippen molar-refractivity contribution in [3.05, 3.63) is 0 Å². The Morgan fingerprint density at radius 3 is 2.44 bits per heavy atom. The Bertz CT molecular complexity index is 220. The summed E-state index contributed by atoms with van der Waals surface area (Å²) in [7, 11) is 0. The highest BCUT2D eigenvalue weighted by molar-refractivity contribution is 5.78. The first-order valence-electron chi connectivity index (χ1n) is 6.22. The van der Waals surface area contributed by atoms with Crippen molar-refractivity contribution in [3.8, 4) is 0 Å². The summed E-state index contributed by atoms with van der Waals surface area (Å²) in [5.74, 6) is 0.666. The van der Waals surface area contributed by atoms with Gasteiger partial charge in [-0.15, -0.1) is 0 Å². The van der Waals surface area contributed by atoms with Gasteiger partial charge >= 0.3 is 0 Å². The Morgan fingerprint density at radius 1 is 1.38 bits per heavy atom. The second kappa shape index (κ2) is 6.21. The zero-order valence-electron chi connectivity index (χ0n) is 10.9. The minimum atomic E-state index is 0.148. The molecule has 1 rings (SSSR count). The molecule has 0 aromatic rings. The molecule has 94 valence electrons. The molecule has 1 aliphatic heterocycles. The number of nitrogens with zero attached hydrogens (tertiary/aromatic N) is 1. The fraction of sp³-hybridized carbons (Fsp3) is 0.917. The van der Waals surface area contributed by atoms with E-state index in [1.807, 2.05) is 0 Å². The van der Waals surface area contributed by atoms with E-state index in [0.717, 1.165) is 19.6 Å². The lowest BCUT2D eigenvalue weighted by Gasteiger charge is -2.35. The van der Waals surface area contributed by atoms with Gasteiger partial charge in [-0.25, -0.2) is 0 Å². The van der Waals surface area contributed by atoms with Crippen LogP contribution in [0.25, 0.3) is 0 Å². The number of hydrogen-bond acceptors (Lipinski definition) is 3. The van der Waals surface area contributed by atoms with E-state index in [1.54, 1.807) is 0 Å². The van der Waals surface area contributed by atoms with Gasteiger partial charge in [0.2, 0.25) is 5.91 Å². The third kappa shape index (κ3) is 4.94. The molecule has 16 heavy (non-hydrogen) atoms. The lowest BCUT2D eigenvalue weighted by Crippen LogP contribution is -2.56. The first-order chi connectivity index (χ1) is 7.47. The van der Waals surface area contributed by atoms with Crippen LogP contribution in [0.1, 0.15) is 27.7 Å². The lowest BCUT2D eigenvalue weighted by atomic mass is 10.1. The summed E-state index contributed by atoms with van der Waals surface area (Å²) in [4.78, 5) is 13.9. The molecule has 1 heterocycles. The highest BCUT2D eigenvalue weighted by Crippen LogP contribution is 2.03. The van der Waals surface area contributed by atoms with Crippen LogP contribution in [0.5, 0.6) is 0 Å². The number of hydrogen-bond donors (Lipinski definition) is 2. The summed E-state index contributed by atoms with van der Waals surface area (Å²) >= 11 is 0. The van der Waals surface area contributed by atoms with Crippen molar-refractivity contribution in [2.45, 2.75) is 39.8 Å². The number of amides is 1. The highest BCUT2D eigenvalue weighted by atomic mass is 16.2. The van der Waals surface area contributed by atoms with Gasteiger partial charge in [0, 0.05) is 31.7 Å². The standard InChI is InChI=1S/C12H25N3O/c1-9(2)5-13-12(16)8-15-6-10(3)14-11(4)7-15/h9-11,14H,5-8H2,1-4H3,(H,13,16). The van der Waals surface area contributed by atoms with Gasteiger partial charge in [0.05, 0.1) is 6.54 Å². The molecule has 1 saturated heterocycles. The molecule has 0 spiro atoms. The van der Waals surface area contributed by atoms with Crippen LogP contribution < -0.4 is 10.6 Å². The number of piperazine rings is 1. The molecule has 2 atom stereocenters. The van der Waals surface area contributed by atoms with Crippen LogP contribution in [-0.4, -0.2) is 49.1 Å². The third-order valence-electron chi connectivity index (χ3n) is 2.71. The Balaban J connectivity index is 2.27. The quantitative estimate of drug-likeness (QED) is 0.732. The topological polar surface area (TPSA) is 44.4 Å². The van der Waals surface area contributed by atoms with Gasteiger partial charge in [-0.3, -0.25) is 9.69 Å². The van der Waals surface area contributed by atoms with Crippen molar-refractivity contribution in [3.63, 3.8) is 0 Å². The average molecular weight is 227 g/mol. The number of rotatable bonds is 4. The fourth-order valence-electron chi connectivity index (χ4n) is 2.15. The monoisotopic (exact) mass is 227 g/mol. The predicted octanol–water partition coefficient (Wildman–Crippen LogP) is 0.441. The first-order valence-corrected chi connectivity index (χ1v) is 6.22. The Hall–Kier alpha value is -0.610. The molecular weight excluding hydrogens is 202 g/mol. The maximum absolute atomic E-state index is 11.7. The molecule has 0 aliphatic carbocycles. The summed E-state index contributed by atoms with van der Waals surface area (Å²) in [6.07, 6.45) is 0. The van der Waals surface area contributed by atoms with Crippen LogP contribution in [-0.2, 0) is 4.79 Å². The first kappa shape index (κ1) is 13.5. The van der Waals surface area contributed by atoms with E-state index in [4.69, 9.17) is 0 Å². The molecule has 4 nitrogen and oxygen atoms in total. The van der Waals surface area contributed by atoms with Gasteiger partial charge in [0.25, 0.3) is 0 Å². The van der Waals surface area contributed by atoms with E-state index in [-0.39, 0.29) is 5.91 Å². The zero-order valence-corrected chi connectivity index (χ0v) is 10.9. The van der Waals surface area contributed by atoms with Crippen molar-refractivity contribution in [2.75, 3.05) is 26.2 Å². The summed E-state index contributed by atoms with van der Waals surface area (Å²) in [5, 5.41) is 6.42. The van der Waals surface area contributed by atoms with Crippen LogP contribution in [0.15, 0.2) is 0 Å². The van der Waals surface area contributed by atoms with Crippen molar-refractivity contribution >= 4 is 5.91 Å². The number of carbonyl (C=O) groups is 1. The SMILES string of the molecule is CC(C)CNC(=O)CN1CC(C)NC(C)C1. The Morgan fingerprint density at radius 2 is 1.94 bits per heavy atom. The van der Waals surface area contributed by atoms with Gasteiger partial charge in [-0.05, 0) is 19.8 Å². The molecule has 1 amide bonds. The molecule has 1 fully saturated rings. The summed E-state index contributed by atoms with van der Waals surface area (Å²) < 4.78 is 0. The van der Waals surface area contributed by atoms with E-state index in [2.05, 4.69) is 43.2 Å². The molecule has 0 aromatic heterocycles. The minimum absolute atomic E-state index is 0.148. The predicted molar refractivity (Wildman–Crippen MR) is 66.3 cm³/mol. The van der Waals surface area contributed by atoms with Crippen LogP contribution in [0, 0.1) is 5.92 Å². The zero-order chi connectivity index (χ0) is 12.1. The van der Waals surface area contributed by atoms with Gasteiger partial charge in [-0.1, -0.05) is 13.8 Å². The van der Waals surface area contributed by atoms with Crippen LogP contribution in [0.3, 0.4) is 0 Å². The number of carbonyl (C=O) groups excluding carboxylic acids is 1. The second-order valence-corrected chi connectivity index (χ2v) is 5.36. The molecular formula is C12H25N3O. The van der Waals surface area contributed by atoms with E-state index in [9.17, 15) is 4.79 Å². The Labute approximate surface area is 98.8 Å². The molecule has 0 aromatic carbocycles. The molecule has 0 bridgehead atoms. The highest BCUT2D eigenvalue weighted by Gasteiger charge is 2.22. The van der Waals surface area contributed by atoms with Crippen LogP contribution in [0.4, 0.5) is 0 Å². The van der Waals surface area contributed by atoms with Gasteiger partial charge < -0.3 is 10.6 Å². The fourth-order valence-corrected chi connectivity index (χ4v) is 2.15. The third-order valence-corrected chi connectivity index (χ3v) is 2.71. The Kier molecular flexibility index (Phi) is 5.22. The molecule has 4 heteroatoms. The molecule has 2 N–H and O–H groups in total. The second-order valence-electron chi connectivity index (χ2n) is 5.36. The maximum atomic E-state index is 11.7. The molecule has 0 saturated carbocycles. The van der Waals surface area contributed by atoms with Crippen molar-refractivity contribution in [2.24, 2.45) is 5.92 Å². The lowest BCUT2D eigenvalue weighted by molar-refractivity contribution is -0.122. The average Bonchev–Trinajstić information content (AvgIpc) is 2.12. The van der Waals surface area contributed by atoms with Crippen molar-refractivity contribution in [1.29, 1.82) is 0 Å². The normalized spacial score (nSPS) is 27.1. The summed E-state index contributed by atoms with van der Waals surface area (Å²) in [5.41, 5.74) is 0. The van der Waals surface area contributed by atoms with E-state index >= 15 is 0 Å². The molecule has 2 unspecified atom stereocenters. The summed E-state index contributed by atoms with van der Waals surface area (Å²) in [6.45, 7) is 11.8. The molecule has 1 aliphatic rings.